The Morgan fingerprint density at radius 1 is 1.42 bits per heavy atom. The lowest BCUT2D eigenvalue weighted by Crippen LogP contribution is -2.20. The van der Waals surface area contributed by atoms with Gasteiger partial charge in [-0.3, -0.25) is 0 Å². The average Bonchev–Trinajstić information content (AvgIpc) is 2.31. The molecule has 0 aromatic carbocycles. The van der Waals surface area contributed by atoms with Gasteiger partial charge in [0.15, 0.2) is 0 Å². The minimum Gasteiger partial charge on any atom is -0.353 e. The number of hydrogen-bond donors (Lipinski definition) is 1. The zero-order valence-corrected chi connectivity index (χ0v) is 8.82. The van der Waals surface area contributed by atoms with Crippen molar-refractivity contribution in [3.8, 4) is 0 Å². The highest BCUT2D eigenvalue weighted by Gasteiger charge is 2.12. The second-order valence-electron chi connectivity index (χ2n) is 3.42. The van der Waals surface area contributed by atoms with Crippen molar-refractivity contribution in [2.45, 2.75) is 12.8 Å². The molecule has 0 fully saturated rings. The second-order valence-corrected chi connectivity index (χ2v) is 4.28. The molecule has 1 aliphatic rings. The van der Waals surface area contributed by atoms with Gasteiger partial charge in [0.2, 0.25) is 0 Å². The third kappa shape index (κ3) is 1.57. The van der Waals surface area contributed by atoms with Gasteiger partial charge in [-0.2, -0.15) is 0 Å². The fourth-order valence-electron chi connectivity index (χ4n) is 1.67. The predicted octanol–water partition coefficient (Wildman–Crippen LogP) is 1.81. The second kappa shape index (κ2) is 3.23. The van der Waals surface area contributed by atoms with E-state index in [1.165, 1.54) is 30.8 Å². The van der Waals surface area contributed by atoms with E-state index in [1.54, 1.807) is 0 Å². The molecule has 12 heavy (non-hydrogen) atoms. The molecule has 2 rings (SSSR count). The summed E-state index contributed by atoms with van der Waals surface area (Å²) in [6, 6.07) is 2.20. The molecular weight excluding hydrogens is 216 g/mol. The molecule has 0 bridgehead atoms. The smallest absolute Gasteiger partial charge is 0.0825 e. The summed E-state index contributed by atoms with van der Waals surface area (Å²) < 4.78 is 1.12. The van der Waals surface area contributed by atoms with E-state index in [0.717, 1.165) is 11.0 Å². The molecule has 0 radical (unpaired) electrons. The summed E-state index contributed by atoms with van der Waals surface area (Å²) in [6.07, 6.45) is 2.32. The monoisotopic (exact) mass is 228 g/mol. The van der Waals surface area contributed by atoms with Crippen molar-refractivity contribution in [2.75, 3.05) is 20.1 Å². The molecule has 0 aliphatic carbocycles. The fraction of sp³-hybridized carbons (Fsp3) is 0.556. The Morgan fingerprint density at radius 3 is 3.00 bits per heavy atom. The van der Waals surface area contributed by atoms with E-state index in [-0.39, 0.29) is 0 Å². The first-order chi connectivity index (χ1) is 5.75. The van der Waals surface area contributed by atoms with E-state index in [0.29, 0.717) is 0 Å². The predicted molar refractivity (Wildman–Crippen MR) is 53.4 cm³/mol. The first-order valence-electron chi connectivity index (χ1n) is 4.30. The maximum absolute atomic E-state index is 3.46. The van der Waals surface area contributed by atoms with Crippen LogP contribution in [0.5, 0.6) is 0 Å². The van der Waals surface area contributed by atoms with Gasteiger partial charge in [0, 0.05) is 25.2 Å². The number of likely N-dealkylation sites (N-methyl/N-ethyl adjacent to an activating group) is 1. The van der Waals surface area contributed by atoms with Crippen LogP contribution < -0.4 is 0 Å². The molecule has 0 spiro atoms. The highest BCUT2D eigenvalue weighted by molar-refractivity contribution is 9.10. The molecule has 3 heteroatoms. The van der Waals surface area contributed by atoms with E-state index in [1.807, 2.05) is 0 Å². The number of aromatic amines is 1. The van der Waals surface area contributed by atoms with Crippen LogP contribution in [-0.2, 0) is 12.8 Å². The first kappa shape index (κ1) is 8.32. The number of nitrogens with one attached hydrogen (secondary N) is 1. The van der Waals surface area contributed by atoms with Gasteiger partial charge in [0.1, 0.15) is 0 Å². The molecule has 0 unspecified atom stereocenters. The number of nitrogens with zero attached hydrogens (tertiary/aromatic N) is 1. The van der Waals surface area contributed by atoms with Crippen LogP contribution in [0.15, 0.2) is 10.7 Å². The summed E-state index contributed by atoms with van der Waals surface area (Å²) in [5.41, 5.74) is 2.89. The summed E-state index contributed by atoms with van der Waals surface area (Å²) in [4.78, 5) is 5.72. The lowest BCUT2D eigenvalue weighted by molar-refractivity contribution is 0.351. The quantitative estimate of drug-likeness (QED) is 0.718. The third-order valence-corrected chi connectivity index (χ3v) is 2.89. The number of hydrogen-bond acceptors (Lipinski definition) is 1. The molecule has 1 N–H and O–H groups in total. The summed E-state index contributed by atoms with van der Waals surface area (Å²) in [7, 11) is 2.18. The Labute approximate surface area is 81.1 Å². The molecule has 1 aromatic heterocycles. The molecule has 66 valence electrons. The number of H-pyrrole nitrogens is 1. The van der Waals surface area contributed by atoms with E-state index in [9.17, 15) is 0 Å². The molecule has 2 nitrogen and oxygen atoms in total. The van der Waals surface area contributed by atoms with E-state index < -0.39 is 0 Å². The molecule has 1 aliphatic heterocycles. The standard InChI is InChI=1S/C9H13BrN2/c1-12-4-2-7-6-9(10)11-8(7)3-5-12/h6,11H,2-5H2,1H3. The minimum atomic E-state index is 1.12. The molecule has 1 aromatic rings. The van der Waals surface area contributed by atoms with Crippen molar-refractivity contribution < 1.29 is 0 Å². The van der Waals surface area contributed by atoms with Gasteiger partial charge in [-0.15, -0.1) is 0 Å². The van der Waals surface area contributed by atoms with Crippen molar-refractivity contribution in [2.24, 2.45) is 0 Å². The van der Waals surface area contributed by atoms with Gasteiger partial charge < -0.3 is 9.88 Å². The van der Waals surface area contributed by atoms with Crippen molar-refractivity contribution >= 4 is 15.9 Å². The number of halogens is 1. The minimum absolute atomic E-state index is 1.12. The largest absolute Gasteiger partial charge is 0.353 e. The maximum atomic E-state index is 3.46. The van der Waals surface area contributed by atoms with Crippen LogP contribution in [-0.4, -0.2) is 30.0 Å². The average molecular weight is 229 g/mol. The number of rotatable bonds is 0. The van der Waals surface area contributed by atoms with Crippen LogP contribution in [0.25, 0.3) is 0 Å². The molecule has 0 saturated heterocycles. The van der Waals surface area contributed by atoms with E-state index in [2.05, 4.69) is 38.9 Å². The third-order valence-electron chi connectivity index (χ3n) is 2.47. The lowest BCUT2D eigenvalue weighted by atomic mass is 10.2. The molecular formula is C9H13BrN2. The van der Waals surface area contributed by atoms with Gasteiger partial charge >= 0.3 is 0 Å². The van der Waals surface area contributed by atoms with Gasteiger partial charge in [-0.05, 0) is 41.0 Å². The molecule has 2 heterocycles. The molecule has 0 saturated carbocycles. The Kier molecular flexibility index (Phi) is 2.24. The lowest BCUT2D eigenvalue weighted by Gasteiger charge is -2.11. The van der Waals surface area contributed by atoms with E-state index >= 15 is 0 Å². The zero-order chi connectivity index (χ0) is 8.55. The van der Waals surface area contributed by atoms with Gasteiger partial charge in [0.05, 0.1) is 4.60 Å². The highest BCUT2D eigenvalue weighted by atomic mass is 79.9. The van der Waals surface area contributed by atoms with Crippen molar-refractivity contribution in [1.82, 2.24) is 9.88 Å². The topological polar surface area (TPSA) is 19.0 Å². The van der Waals surface area contributed by atoms with Crippen molar-refractivity contribution in [1.29, 1.82) is 0 Å². The van der Waals surface area contributed by atoms with Crippen molar-refractivity contribution in [3.05, 3.63) is 21.9 Å². The molecule has 0 atom stereocenters. The normalized spacial score (nSPS) is 18.8. The summed E-state index contributed by atoms with van der Waals surface area (Å²) in [5, 5.41) is 0. The van der Waals surface area contributed by atoms with Crippen LogP contribution in [0.1, 0.15) is 11.3 Å². The van der Waals surface area contributed by atoms with Gasteiger partial charge in [0.25, 0.3) is 0 Å². The van der Waals surface area contributed by atoms with Gasteiger partial charge in [-0.25, -0.2) is 0 Å². The van der Waals surface area contributed by atoms with Crippen LogP contribution in [0.2, 0.25) is 0 Å². The van der Waals surface area contributed by atoms with Crippen LogP contribution >= 0.6 is 15.9 Å². The summed E-state index contributed by atoms with van der Waals surface area (Å²) in [6.45, 7) is 2.34. The maximum Gasteiger partial charge on any atom is 0.0825 e. The Bertz CT molecular complexity index is 255. The van der Waals surface area contributed by atoms with Crippen LogP contribution in [0.3, 0.4) is 0 Å². The van der Waals surface area contributed by atoms with Gasteiger partial charge in [-0.1, -0.05) is 0 Å². The molecule has 0 amide bonds. The van der Waals surface area contributed by atoms with Crippen molar-refractivity contribution in [3.63, 3.8) is 0 Å². The Hall–Kier alpha value is -0.280. The summed E-state index contributed by atoms with van der Waals surface area (Å²) in [5.74, 6) is 0. The van der Waals surface area contributed by atoms with Crippen LogP contribution in [0, 0.1) is 0 Å². The number of aromatic nitrogens is 1. The SMILES string of the molecule is CN1CCc2cc(Br)[nH]c2CC1. The van der Waals surface area contributed by atoms with Crippen LogP contribution in [0.4, 0.5) is 0 Å². The highest BCUT2D eigenvalue weighted by Crippen LogP contribution is 2.19. The Morgan fingerprint density at radius 2 is 2.17 bits per heavy atom. The summed E-state index contributed by atoms with van der Waals surface area (Å²) >= 11 is 3.46. The zero-order valence-electron chi connectivity index (χ0n) is 7.23. The fourth-order valence-corrected chi connectivity index (χ4v) is 2.19. The van der Waals surface area contributed by atoms with E-state index in [4.69, 9.17) is 0 Å². The Balaban J connectivity index is 2.24. The first-order valence-corrected chi connectivity index (χ1v) is 5.10. The number of fused-ring (bicyclic) bond motifs is 1.